The van der Waals surface area contributed by atoms with Crippen molar-refractivity contribution in [2.75, 3.05) is 39.9 Å². The number of amides is 1. The van der Waals surface area contributed by atoms with Crippen LogP contribution in [-0.2, 0) is 14.8 Å². The van der Waals surface area contributed by atoms with Crippen LogP contribution in [0.15, 0.2) is 29.2 Å². The number of likely N-dealkylation sites (tertiary alicyclic amines) is 1. The predicted molar refractivity (Wildman–Crippen MR) is 98.5 cm³/mol. The first-order valence-corrected chi connectivity index (χ1v) is 10.6. The van der Waals surface area contributed by atoms with E-state index in [9.17, 15) is 13.2 Å². The van der Waals surface area contributed by atoms with E-state index in [1.165, 1.54) is 12.1 Å². The van der Waals surface area contributed by atoms with Crippen molar-refractivity contribution in [1.29, 1.82) is 0 Å². The first-order valence-electron chi connectivity index (χ1n) is 9.11. The number of hydrogen-bond acceptors (Lipinski definition) is 5. The molecule has 2 heterocycles. The van der Waals surface area contributed by atoms with E-state index in [0.29, 0.717) is 31.2 Å². The maximum Gasteiger partial charge on any atom is 0.253 e. The molecule has 0 spiro atoms. The Labute approximate surface area is 155 Å². The lowest BCUT2D eigenvalue weighted by molar-refractivity contribution is 0.0775. The van der Waals surface area contributed by atoms with Crippen molar-refractivity contribution >= 4 is 15.9 Å². The van der Waals surface area contributed by atoms with Gasteiger partial charge in [-0.3, -0.25) is 4.79 Å². The van der Waals surface area contributed by atoms with Crippen molar-refractivity contribution in [3.05, 3.63) is 29.8 Å². The van der Waals surface area contributed by atoms with Crippen molar-refractivity contribution in [1.82, 2.24) is 14.9 Å². The second-order valence-corrected chi connectivity index (χ2v) is 8.75. The van der Waals surface area contributed by atoms with Crippen LogP contribution in [0.1, 0.15) is 29.6 Å². The van der Waals surface area contributed by atoms with Crippen LogP contribution in [-0.4, -0.2) is 65.2 Å². The normalized spacial score (nSPS) is 21.9. The van der Waals surface area contributed by atoms with Crippen LogP contribution < -0.4 is 10.0 Å². The zero-order valence-corrected chi connectivity index (χ0v) is 15.9. The van der Waals surface area contributed by atoms with Gasteiger partial charge in [-0.1, -0.05) is 6.07 Å². The minimum absolute atomic E-state index is 0.0611. The highest BCUT2D eigenvalue weighted by Crippen LogP contribution is 2.21. The van der Waals surface area contributed by atoms with Gasteiger partial charge < -0.3 is 15.0 Å². The van der Waals surface area contributed by atoms with Crippen molar-refractivity contribution in [3.63, 3.8) is 0 Å². The Bertz CT molecular complexity index is 732. The maximum atomic E-state index is 12.7. The molecular formula is C18H27N3O4S. The highest BCUT2D eigenvalue weighted by Gasteiger charge is 2.28. The summed E-state index contributed by atoms with van der Waals surface area (Å²) in [6, 6.07) is 6.27. The highest BCUT2D eigenvalue weighted by molar-refractivity contribution is 7.89. The number of ether oxygens (including phenoxy) is 1. The van der Waals surface area contributed by atoms with E-state index >= 15 is 0 Å². The zero-order valence-electron chi connectivity index (χ0n) is 15.1. The van der Waals surface area contributed by atoms with Gasteiger partial charge in [0.2, 0.25) is 10.0 Å². The second kappa shape index (κ2) is 8.47. The van der Waals surface area contributed by atoms with Crippen LogP contribution in [0.3, 0.4) is 0 Å². The molecule has 0 radical (unpaired) electrons. The van der Waals surface area contributed by atoms with E-state index < -0.39 is 10.0 Å². The molecule has 2 aliphatic rings. The molecule has 3 rings (SSSR count). The molecule has 2 aliphatic heterocycles. The van der Waals surface area contributed by atoms with Crippen molar-refractivity contribution in [2.24, 2.45) is 5.92 Å². The molecule has 0 saturated carbocycles. The standard InChI is InChI=1S/C18H27N3O4S/c1-25-13-14-7-10-21(12-14)18(22)15-3-2-4-17(11-15)26(23,24)20-16-5-8-19-9-6-16/h2-4,11,14,16,19-20H,5-10,12-13H2,1H3. The van der Waals surface area contributed by atoms with Gasteiger partial charge in [-0.25, -0.2) is 13.1 Å². The molecular weight excluding hydrogens is 354 g/mol. The second-order valence-electron chi connectivity index (χ2n) is 7.03. The molecule has 1 amide bonds. The summed E-state index contributed by atoms with van der Waals surface area (Å²) < 4.78 is 33.2. The van der Waals surface area contributed by atoms with E-state index in [-0.39, 0.29) is 16.8 Å². The number of piperidine rings is 1. The molecule has 8 heteroatoms. The summed E-state index contributed by atoms with van der Waals surface area (Å²) in [6.07, 6.45) is 2.45. The van der Waals surface area contributed by atoms with E-state index in [0.717, 1.165) is 32.4 Å². The Morgan fingerprint density at radius 3 is 2.81 bits per heavy atom. The van der Waals surface area contributed by atoms with Crippen molar-refractivity contribution in [2.45, 2.75) is 30.2 Å². The van der Waals surface area contributed by atoms with Crippen LogP contribution in [0.4, 0.5) is 0 Å². The fourth-order valence-corrected chi connectivity index (χ4v) is 4.95. The van der Waals surface area contributed by atoms with Crippen LogP contribution in [0, 0.1) is 5.92 Å². The molecule has 0 aliphatic carbocycles. The molecule has 0 bridgehead atoms. The zero-order chi connectivity index (χ0) is 18.6. The Hall–Kier alpha value is -1.48. The molecule has 26 heavy (non-hydrogen) atoms. The van der Waals surface area contributed by atoms with Crippen LogP contribution >= 0.6 is 0 Å². The number of methoxy groups -OCH3 is 1. The predicted octanol–water partition coefficient (Wildman–Crippen LogP) is 0.825. The van der Waals surface area contributed by atoms with Gasteiger partial charge in [0.1, 0.15) is 0 Å². The average molecular weight is 381 g/mol. The molecule has 2 saturated heterocycles. The first-order chi connectivity index (χ1) is 12.5. The van der Waals surface area contributed by atoms with Crippen molar-refractivity contribution in [3.8, 4) is 0 Å². The monoisotopic (exact) mass is 381 g/mol. The molecule has 1 aromatic rings. The molecule has 144 valence electrons. The minimum atomic E-state index is -3.63. The summed E-state index contributed by atoms with van der Waals surface area (Å²) in [6.45, 7) is 3.58. The number of nitrogens with zero attached hydrogens (tertiary/aromatic N) is 1. The van der Waals surface area contributed by atoms with Gasteiger partial charge in [-0.2, -0.15) is 0 Å². The molecule has 7 nitrogen and oxygen atoms in total. The minimum Gasteiger partial charge on any atom is -0.384 e. The van der Waals surface area contributed by atoms with E-state index in [4.69, 9.17) is 4.74 Å². The number of nitrogens with one attached hydrogen (secondary N) is 2. The fourth-order valence-electron chi connectivity index (χ4n) is 3.59. The van der Waals surface area contributed by atoms with Gasteiger partial charge in [0.05, 0.1) is 11.5 Å². The summed E-state index contributed by atoms with van der Waals surface area (Å²) in [5, 5.41) is 3.21. The Kier molecular flexibility index (Phi) is 6.29. The topological polar surface area (TPSA) is 87.7 Å². The average Bonchev–Trinajstić information content (AvgIpc) is 3.11. The lowest BCUT2D eigenvalue weighted by Gasteiger charge is -2.23. The van der Waals surface area contributed by atoms with Gasteiger partial charge in [0.15, 0.2) is 0 Å². The van der Waals surface area contributed by atoms with Gasteiger partial charge in [-0.05, 0) is 50.6 Å². The fraction of sp³-hybridized carbons (Fsp3) is 0.611. The summed E-state index contributed by atoms with van der Waals surface area (Å²) in [5.74, 6) is 0.222. The lowest BCUT2D eigenvalue weighted by atomic mass is 10.1. The quantitative estimate of drug-likeness (QED) is 0.762. The van der Waals surface area contributed by atoms with Gasteiger partial charge in [0, 0.05) is 37.7 Å². The number of carbonyl (C=O) groups excluding carboxylic acids is 1. The third kappa shape index (κ3) is 4.62. The van der Waals surface area contributed by atoms with Crippen LogP contribution in [0.5, 0.6) is 0 Å². The largest absolute Gasteiger partial charge is 0.384 e. The van der Waals surface area contributed by atoms with Gasteiger partial charge in [-0.15, -0.1) is 0 Å². The maximum absolute atomic E-state index is 12.7. The van der Waals surface area contributed by atoms with Gasteiger partial charge >= 0.3 is 0 Å². The van der Waals surface area contributed by atoms with E-state index in [1.807, 2.05) is 0 Å². The van der Waals surface area contributed by atoms with Crippen LogP contribution in [0.25, 0.3) is 0 Å². The number of benzene rings is 1. The molecule has 1 atom stereocenters. The SMILES string of the molecule is COCC1CCN(C(=O)c2cccc(S(=O)(=O)NC3CCNCC3)c2)C1. The first kappa shape index (κ1) is 19.3. The number of sulfonamides is 1. The molecule has 2 fully saturated rings. The molecule has 0 aromatic heterocycles. The Morgan fingerprint density at radius 1 is 1.31 bits per heavy atom. The number of hydrogen-bond donors (Lipinski definition) is 2. The summed E-state index contributed by atoms with van der Waals surface area (Å²) >= 11 is 0. The summed E-state index contributed by atoms with van der Waals surface area (Å²) in [5.41, 5.74) is 0.413. The number of carbonyl (C=O) groups is 1. The summed E-state index contributed by atoms with van der Waals surface area (Å²) in [4.78, 5) is 14.6. The van der Waals surface area contributed by atoms with E-state index in [2.05, 4.69) is 10.0 Å². The highest BCUT2D eigenvalue weighted by atomic mass is 32.2. The molecule has 2 N–H and O–H groups in total. The summed E-state index contributed by atoms with van der Waals surface area (Å²) in [7, 11) is -1.97. The smallest absolute Gasteiger partial charge is 0.253 e. The third-order valence-electron chi connectivity index (χ3n) is 5.03. The molecule has 1 unspecified atom stereocenters. The molecule has 1 aromatic carbocycles. The number of rotatable bonds is 6. The van der Waals surface area contributed by atoms with E-state index in [1.54, 1.807) is 24.1 Å². The lowest BCUT2D eigenvalue weighted by Crippen LogP contribution is -2.42. The Morgan fingerprint density at radius 2 is 2.08 bits per heavy atom. The Balaban J connectivity index is 1.70. The van der Waals surface area contributed by atoms with Crippen LogP contribution in [0.2, 0.25) is 0 Å². The third-order valence-corrected chi connectivity index (χ3v) is 6.55. The van der Waals surface area contributed by atoms with Gasteiger partial charge in [0.25, 0.3) is 5.91 Å². The van der Waals surface area contributed by atoms with Crippen molar-refractivity contribution < 1.29 is 17.9 Å².